The fourth-order valence-corrected chi connectivity index (χ4v) is 1.23. The van der Waals surface area contributed by atoms with Crippen molar-refractivity contribution in [2.75, 3.05) is 43.6 Å². The normalized spacial score (nSPS) is 10.1. The topological polar surface area (TPSA) is 81.5 Å². The molecule has 1 heterocycles. The van der Waals surface area contributed by atoms with Crippen LogP contribution < -0.4 is 10.2 Å². The zero-order valence-electron chi connectivity index (χ0n) is 8.72. The molecule has 6 heteroatoms. The number of rotatable bonds is 6. The predicted octanol–water partition coefficient (Wildman–Crippen LogP) is -0.691. The van der Waals surface area contributed by atoms with Gasteiger partial charge in [0.2, 0.25) is 5.95 Å². The van der Waals surface area contributed by atoms with Crippen molar-refractivity contribution in [2.24, 2.45) is 0 Å². The van der Waals surface area contributed by atoms with E-state index in [4.69, 9.17) is 10.2 Å². The fraction of sp³-hybridized carbons (Fsp3) is 0.556. The number of aliphatic hydroxyl groups is 2. The number of nitrogens with zero attached hydrogens (tertiary/aromatic N) is 3. The minimum atomic E-state index is 0.0267. The molecular weight excluding hydrogens is 196 g/mol. The van der Waals surface area contributed by atoms with E-state index < -0.39 is 0 Å². The summed E-state index contributed by atoms with van der Waals surface area (Å²) in [6.45, 7) is 0.944. The standard InChI is InChI=1S/C9H16N4O2/c1-10-9-11-3-2-8(12-9)13(4-6-14)5-7-15/h2-3,14-15H,4-7H2,1H3,(H,10,11,12). The highest BCUT2D eigenvalue weighted by Crippen LogP contribution is 2.10. The molecule has 0 aliphatic carbocycles. The summed E-state index contributed by atoms with van der Waals surface area (Å²) >= 11 is 0. The first-order valence-electron chi connectivity index (χ1n) is 4.79. The first-order valence-corrected chi connectivity index (χ1v) is 4.79. The lowest BCUT2D eigenvalue weighted by atomic mass is 10.4. The van der Waals surface area contributed by atoms with Gasteiger partial charge in [0, 0.05) is 26.3 Å². The Morgan fingerprint density at radius 2 is 2.00 bits per heavy atom. The maximum atomic E-state index is 8.87. The van der Waals surface area contributed by atoms with E-state index in [0.717, 1.165) is 0 Å². The zero-order chi connectivity index (χ0) is 11.1. The van der Waals surface area contributed by atoms with E-state index in [1.807, 2.05) is 0 Å². The Morgan fingerprint density at radius 1 is 1.33 bits per heavy atom. The van der Waals surface area contributed by atoms with Gasteiger partial charge in [-0.1, -0.05) is 0 Å². The van der Waals surface area contributed by atoms with E-state index in [2.05, 4.69) is 15.3 Å². The van der Waals surface area contributed by atoms with Crippen LogP contribution in [0.1, 0.15) is 0 Å². The molecule has 0 aliphatic rings. The van der Waals surface area contributed by atoms with Crippen molar-refractivity contribution in [3.05, 3.63) is 12.3 Å². The van der Waals surface area contributed by atoms with Gasteiger partial charge in [-0.25, -0.2) is 4.98 Å². The summed E-state index contributed by atoms with van der Waals surface area (Å²) in [6.07, 6.45) is 1.63. The van der Waals surface area contributed by atoms with Crippen molar-refractivity contribution in [1.82, 2.24) is 9.97 Å². The minimum absolute atomic E-state index is 0.0267. The third kappa shape index (κ3) is 3.34. The van der Waals surface area contributed by atoms with E-state index in [1.54, 1.807) is 24.2 Å². The average molecular weight is 212 g/mol. The van der Waals surface area contributed by atoms with Crippen LogP contribution in [0.4, 0.5) is 11.8 Å². The van der Waals surface area contributed by atoms with E-state index in [0.29, 0.717) is 24.9 Å². The summed E-state index contributed by atoms with van der Waals surface area (Å²) in [7, 11) is 1.74. The summed E-state index contributed by atoms with van der Waals surface area (Å²) in [5.41, 5.74) is 0. The summed E-state index contributed by atoms with van der Waals surface area (Å²) in [6, 6.07) is 1.74. The van der Waals surface area contributed by atoms with Crippen LogP contribution in [0.3, 0.4) is 0 Å². The lowest BCUT2D eigenvalue weighted by Gasteiger charge is -2.21. The Labute approximate surface area is 88.6 Å². The molecule has 0 fully saturated rings. The van der Waals surface area contributed by atoms with Gasteiger partial charge in [-0.05, 0) is 6.07 Å². The van der Waals surface area contributed by atoms with Crippen molar-refractivity contribution in [3.63, 3.8) is 0 Å². The van der Waals surface area contributed by atoms with Gasteiger partial charge in [0.05, 0.1) is 13.2 Å². The Balaban J connectivity index is 2.79. The maximum Gasteiger partial charge on any atom is 0.224 e. The molecule has 84 valence electrons. The van der Waals surface area contributed by atoms with Crippen molar-refractivity contribution in [1.29, 1.82) is 0 Å². The maximum absolute atomic E-state index is 8.87. The quantitative estimate of drug-likeness (QED) is 0.579. The molecule has 0 bridgehead atoms. The van der Waals surface area contributed by atoms with Gasteiger partial charge in [0.15, 0.2) is 0 Å². The monoisotopic (exact) mass is 212 g/mol. The van der Waals surface area contributed by atoms with Crippen molar-refractivity contribution in [3.8, 4) is 0 Å². The molecule has 0 radical (unpaired) electrons. The van der Waals surface area contributed by atoms with Gasteiger partial charge in [-0.15, -0.1) is 0 Å². The highest BCUT2D eigenvalue weighted by molar-refractivity contribution is 5.42. The van der Waals surface area contributed by atoms with Gasteiger partial charge in [0.1, 0.15) is 5.82 Å². The largest absolute Gasteiger partial charge is 0.395 e. The van der Waals surface area contributed by atoms with Crippen LogP contribution in [-0.2, 0) is 0 Å². The molecule has 0 aromatic carbocycles. The second kappa shape index (κ2) is 6.15. The van der Waals surface area contributed by atoms with Crippen molar-refractivity contribution < 1.29 is 10.2 Å². The molecule has 0 spiro atoms. The van der Waals surface area contributed by atoms with E-state index >= 15 is 0 Å². The van der Waals surface area contributed by atoms with Crippen LogP contribution in [0, 0.1) is 0 Å². The number of nitrogens with one attached hydrogen (secondary N) is 1. The van der Waals surface area contributed by atoms with Crippen LogP contribution in [0.25, 0.3) is 0 Å². The molecule has 0 aliphatic heterocycles. The van der Waals surface area contributed by atoms with Crippen molar-refractivity contribution >= 4 is 11.8 Å². The second-order valence-electron chi connectivity index (χ2n) is 2.92. The van der Waals surface area contributed by atoms with E-state index in [9.17, 15) is 0 Å². The molecule has 1 rings (SSSR count). The summed E-state index contributed by atoms with van der Waals surface area (Å²) in [4.78, 5) is 9.99. The predicted molar refractivity (Wildman–Crippen MR) is 58.0 cm³/mol. The Hall–Kier alpha value is -1.40. The van der Waals surface area contributed by atoms with Crippen molar-refractivity contribution in [2.45, 2.75) is 0 Å². The van der Waals surface area contributed by atoms with Crippen LogP contribution >= 0.6 is 0 Å². The van der Waals surface area contributed by atoms with E-state index in [-0.39, 0.29) is 13.2 Å². The Morgan fingerprint density at radius 3 is 2.53 bits per heavy atom. The summed E-state index contributed by atoms with van der Waals surface area (Å²) in [5.74, 6) is 1.21. The van der Waals surface area contributed by atoms with Crippen LogP contribution in [0.15, 0.2) is 12.3 Å². The third-order valence-electron chi connectivity index (χ3n) is 1.93. The molecule has 1 aromatic rings. The van der Waals surface area contributed by atoms with Gasteiger partial charge >= 0.3 is 0 Å². The van der Waals surface area contributed by atoms with E-state index in [1.165, 1.54) is 0 Å². The van der Waals surface area contributed by atoms with Gasteiger partial charge < -0.3 is 20.4 Å². The number of aromatic nitrogens is 2. The average Bonchev–Trinajstić information content (AvgIpc) is 2.29. The Bertz CT molecular complexity index is 289. The molecule has 6 nitrogen and oxygen atoms in total. The number of aliphatic hydroxyl groups excluding tert-OH is 2. The Kier molecular flexibility index (Phi) is 4.79. The lowest BCUT2D eigenvalue weighted by molar-refractivity contribution is 0.280. The number of anilines is 2. The number of hydrogen-bond donors (Lipinski definition) is 3. The minimum Gasteiger partial charge on any atom is -0.395 e. The first kappa shape index (κ1) is 11.7. The molecule has 0 saturated heterocycles. The summed E-state index contributed by atoms with van der Waals surface area (Å²) in [5, 5.41) is 20.6. The van der Waals surface area contributed by atoms with Gasteiger partial charge in [0.25, 0.3) is 0 Å². The first-order chi connectivity index (χ1) is 7.31. The lowest BCUT2D eigenvalue weighted by Crippen LogP contribution is -2.30. The summed E-state index contributed by atoms with van der Waals surface area (Å²) < 4.78 is 0. The fourth-order valence-electron chi connectivity index (χ4n) is 1.23. The molecule has 0 amide bonds. The molecule has 0 atom stereocenters. The molecular formula is C9H16N4O2. The van der Waals surface area contributed by atoms with Crippen LogP contribution in [0.2, 0.25) is 0 Å². The molecule has 1 aromatic heterocycles. The molecule has 15 heavy (non-hydrogen) atoms. The van der Waals surface area contributed by atoms with Gasteiger partial charge in [-0.3, -0.25) is 0 Å². The zero-order valence-corrected chi connectivity index (χ0v) is 8.72. The van der Waals surface area contributed by atoms with Crippen LogP contribution in [0.5, 0.6) is 0 Å². The third-order valence-corrected chi connectivity index (χ3v) is 1.93. The van der Waals surface area contributed by atoms with Crippen LogP contribution in [-0.4, -0.2) is 53.5 Å². The highest BCUT2D eigenvalue weighted by atomic mass is 16.3. The molecule has 0 unspecified atom stereocenters. The highest BCUT2D eigenvalue weighted by Gasteiger charge is 2.07. The SMILES string of the molecule is CNc1nccc(N(CCO)CCO)n1. The molecule has 0 saturated carbocycles. The second-order valence-corrected chi connectivity index (χ2v) is 2.92. The van der Waals surface area contributed by atoms with Gasteiger partial charge in [-0.2, -0.15) is 4.98 Å². The smallest absolute Gasteiger partial charge is 0.224 e. The number of hydrogen-bond acceptors (Lipinski definition) is 6. The molecule has 3 N–H and O–H groups in total.